The van der Waals surface area contributed by atoms with E-state index in [0.29, 0.717) is 0 Å². The van der Waals surface area contributed by atoms with Gasteiger partial charge in [0.2, 0.25) is 0 Å². The molecule has 0 bridgehead atoms. The molecule has 0 aliphatic carbocycles. The molecule has 4 heteroatoms. The van der Waals surface area contributed by atoms with Crippen LogP contribution in [0.5, 0.6) is 11.5 Å². The zero-order valence-electron chi connectivity index (χ0n) is 11.8. The quantitative estimate of drug-likeness (QED) is 0.868. The molecule has 0 amide bonds. The molecule has 3 nitrogen and oxygen atoms in total. The van der Waals surface area contributed by atoms with E-state index in [1.165, 1.54) is 5.56 Å². The smallest absolute Gasteiger partial charge is 0.126 e. The Bertz CT molecular complexity index is 644. The third-order valence-electron chi connectivity index (χ3n) is 3.76. The number of benzene rings is 2. The summed E-state index contributed by atoms with van der Waals surface area (Å²) in [7, 11) is 0. The van der Waals surface area contributed by atoms with Crippen molar-refractivity contribution in [2.45, 2.75) is 25.5 Å². The van der Waals surface area contributed by atoms with Crippen molar-refractivity contribution in [2.24, 2.45) is 0 Å². The maximum atomic E-state index is 9.67. The standard InChI is InChI=1S/C17H18BrNO2/c1-2-19-15-10-17(11-4-3-5-13(20)8-11)21-16-7-6-12(18)9-14(15)16/h3-9,15,17,19-20H,2,10H2,1H3. The van der Waals surface area contributed by atoms with Crippen LogP contribution in [0.3, 0.4) is 0 Å². The lowest BCUT2D eigenvalue weighted by atomic mass is 9.93. The molecule has 0 spiro atoms. The predicted octanol–water partition coefficient (Wildman–Crippen LogP) is 4.33. The molecule has 0 saturated carbocycles. The van der Waals surface area contributed by atoms with Gasteiger partial charge >= 0.3 is 0 Å². The number of halogens is 1. The van der Waals surface area contributed by atoms with Gasteiger partial charge in [-0.3, -0.25) is 0 Å². The van der Waals surface area contributed by atoms with Gasteiger partial charge in [0.1, 0.15) is 17.6 Å². The van der Waals surface area contributed by atoms with Crippen molar-refractivity contribution in [2.75, 3.05) is 6.54 Å². The fraction of sp³-hybridized carbons (Fsp3) is 0.294. The zero-order chi connectivity index (χ0) is 14.8. The van der Waals surface area contributed by atoms with Crippen LogP contribution in [0.2, 0.25) is 0 Å². The van der Waals surface area contributed by atoms with Crippen LogP contribution >= 0.6 is 15.9 Å². The average Bonchev–Trinajstić information content (AvgIpc) is 2.48. The second-order valence-electron chi connectivity index (χ2n) is 5.23. The van der Waals surface area contributed by atoms with Crippen LogP contribution in [0.1, 0.15) is 36.6 Å². The summed E-state index contributed by atoms with van der Waals surface area (Å²) in [6, 6.07) is 13.7. The molecule has 1 aliphatic rings. The second-order valence-corrected chi connectivity index (χ2v) is 6.15. The van der Waals surface area contributed by atoms with Crippen molar-refractivity contribution in [3.8, 4) is 11.5 Å². The molecule has 1 aliphatic heterocycles. The Kier molecular flexibility index (Phi) is 4.17. The number of rotatable bonds is 3. The predicted molar refractivity (Wildman–Crippen MR) is 86.7 cm³/mol. The van der Waals surface area contributed by atoms with Crippen LogP contribution in [0.15, 0.2) is 46.9 Å². The Morgan fingerprint density at radius 1 is 1.29 bits per heavy atom. The van der Waals surface area contributed by atoms with Crippen molar-refractivity contribution in [1.82, 2.24) is 5.32 Å². The molecule has 2 N–H and O–H groups in total. The van der Waals surface area contributed by atoms with E-state index >= 15 is 0 Å². The van der Waals surface area contributed by atoms with E-state index in [0.717, 1.165) is 28.8 Å². The third-order valence-corrected chi connectivity index (χ3v) is 4.25. The summed E-state index contributed by atoms with van der Waals surface area (Å²) in [5, 5.41) is 13.2. The molecule has 2 aromatic rings. The van der Waals surface area contributed by atoms with Crippen molar-refractivity contribution < 1.29 is 9.84 Å². The summed E-state index contributed by atoms with van der Waals surface area (Å²) in [5.74, 6) is 1.18. The van der Waals surface area contributed by atoms with Gasteiger partial charge < -0.3 is 15.2 Å². The molecule has 21 heavy (non-hydrogen) atoms. The summed E-state index contributed by atoms with van der Waals surface area (Å²) in [5.41, 5.74) is 2.19. The first-order chi connectivity index (χ1) is 10.2. The van der Waals surface area contributed by atoms with Crippen molar-refractivity contribution >= 4 is 15.9 Å². The lowest BCUT2D eigenvalue weighted by molar-refractivity contribution is 0.152. The summed E-state index contributed by atoms with van der Waals surface area (Å²) >= 11 is 3.52. The molecule has 0 radical (unpaired) electrons. The number of nitrogens with one attached hydrogen (secondary N) is 1. The van der Waals surface area contributed by atoms with Gasteiger partial charge in [-0.15, -0.1) is 0 Å². The summed E-state index contributed by atoms with van der Waals surface area (Å²) in [6.45, 7) is 3.01. The molecule has 2 unspecified atom stereocenters. The summed E-state index contributed by atoms with van der Waals surface area (Å²) in [4.78, 5) is 0. The number of aromatic hydroxyl groups is 1. The van der Waals surface area contributed by atoms with Gasteiger partial charge in [-0.25, -0.2) is 0 Å². The molecule has 110 valence electrons. The minimum absolute atomic E-state index is 0.0465. The fourth-order valence-electron chi connectivity index (χ4n) is 2.81. The SMILES string of the molecule is CCNC1CC(c2cccc(O)c2)Oc2ccc(Br)cc21. The van der Waals surface area contributed by atoms with E-state index in [1.807, 2.05) is 24.3 Å². The molecule has 2 aromatic carbocycles. The van der Waals surface area contributed by atoms with Crippen LogP contribution in [-0.4, -0.2) is 11.7 Å². The van der Waals surface area contributed by atoms with Crippen LogP contribution < -0.4 is 10.1 Å². The molecule has 1 heterocycles. The molecular formula is C17H18BrNO2. The van der Waals surface area contributed by atoms with Crippen LogP contribution in [0.4, 0.5) is 0 Å². The van der Waals surface area contributed by atoms with E-state index in [2.05, 4.69) is 34.2 Å². The number of fused-ring (bicyclic) bond motifs is 1. The highest BCUT2D eigenvalue weighted by atomic mass is 79.9. The Balaban J connectivity index is 1.95. The number of phenolic OH excluding ortho intramolecular Hbond substituents is 1. The third kappa shape index (κ3) is 3.06. The highest BCUT2D eigenvalue weighted by Gasteiger charge is 2.29. The van der Waals surface area contributed by atoms with E-state index < -0.39 is 0 Å². The molecule has 0 aromatic heterocycles. The van der Waals surface area contributed by atoms with Gasteiger partial charge in [-0.05, 0) is 42.4 Å². The van der Waals surface area contributed by atoms with Crippen molar-refractivity contribution in [3.05, 3.63) is 58.1 Å². The lowest BCUT2D eigenvalue weighted by Crippen LogP contribution is -2.29. The second kappa shape index (κ2) is 6.08. The van der Waals surface area contributed by atoms with Crippen molar-refractivity contribution in [3.63, 3.8) is 0 Å². The fourth-order valence-corrected chi connectivity index (χ4v) is 3.19. The van der Waals surface area contributed by atoms with Gasteiger partial charge in [0.15, 0.2) is 0 Å². The highest BCUT2D eigenvalue weighted by Crippen LogP contribution is 2.42. The number of phenols is 1. The molecule has 0 saturated heterocycles. The van der Waals surface area contributed by atoms with Gasteiger partial charge in [-0.1, -0.05) is 35.0 Å². The zero-order valence-corrected chi connectivity index (χ0v) is 13.4. The number of hydrogen-bond acceptors (Lipinski definition) is 3. The van der Waals surface area contributed by atoms with Gasteiger partial charge in [0, 0.05) is 22.5 Å². The minimum atomic E-state index is -0.0465. The molecular weight excluding hydrogens is 330 g/mol. The normalized spacial score (nSPS) is 20.7. The van der Waals surface area contributed by atoms with Gasteiger partial charge in [0.25, 0.3) is 0 Å². The lowest BCUT2D eigenvalue weighted by Gasteiger charge is -2.33. The Hall–Kier alpha value is -1.52. The first-order valence-corrected chi connectivity index (χ1v) is 7.95. The summed E-state index contributed by atoms with van der Waals surface area (Å²) < 4.78 is 7.19. The monoisotopic (exact) mass is 347 g/mol. The maximum absolute atomic E-state index is 9.67. The van der Waals surface area contributed by atoms with Crippen molar-refractivity contribution in [1.29, 1.82) is 0 Å². The van der Waals surface area contributed by atoms with E-state index in [9.17, 15) is 5.11 Å². The average molecular weight is 348 g/mol. The largest absolute Gasteiger partial charge is 0.508 e. The Morgan fingerprint density at radius 2 is 2.14 bits per heavy atom. The van der Waals surface area contributed by atoms with E-state index in [-0.39, 0.29) is 17.9 Å². The Morgan fingerprint density at radius 3 is 2.90 bits per heavy atom. The Labute approximate surface area is 133 Å². The van der Waals surface area contributed by atoms with Crippen LogP contribution in [-0.2, 0) is 0 Å². The minimum Gasteiger partial charge on any atom is -0.508 e. The van der Waals surface area contributed by atoms with E-state index in [4.69, 9.17) is 4.74 Å². The highest BCUT2D eigenvalue weighted by molar-refractivity contribution is 9.10. The van der Waals surface area contributed by atoms with Crippen LogP contribution in [0, 0.1) is 0 Å². The van der Waals surface area contributed by atoms with Crippen LogP contribution in [0.25, 0.3) is 0 Å². The maximum Gasteiger partial charge on any atom is 0.126 e. The molecule has 2 atom stereocenters. The van der Waals surface area contributed by atoms with Gasteiger partial charge in [0.05, 0.1) is 0 Å². The first-order valence-electron chi connectivity index (χ1n) is 7.15. The first kappa shape index (κ1) is 14.4. The van der Waals surface area contributed by atoms with E-state index in [1.54, 1.807) is 12.1 Å². The summed E-state index contributed by atoms with van der Waals surface area (Å²) in [6.07, 6.45) is 0.802. The number of ether oxygens (including phenoxy) is 1. The molecule has 3 rings (SSSR count). The molecule has 0 fully saturated rings. The number of hydrogen-bond donors (Lipinski definition) is 2. The van der Waals surface area contributed by atoms with Gasteiger partial charge in [-0.2, -0.15) is 0 Å². The topological polar surface area (TPSA) is 41.5 Å².